The van der Waals surface area contributed by atoms with Crippen LogP contribution in [0.4, 0.5) is 8.78 Å². The van der Waals surface area contributed by atoms with Gasteiger partial charge in [-0.3, -0.25) is 4.90 Å². The van der Waals surface area contributed by atoms with Gasteiger partial charge in [-0.1, -0.05) is 60.3 Å². The highest BCUT2D eigenvalue weighted by Crippen LogP contribution is 2.32. The molecular formula is C27H28ClF2NS. The maximum atomic E-state index is 13.4. The van der Waals surface area contributed by atoms with Crippen molar-refractivity contribution >= 4 is 24.2 Å². The first-order chi connectivity index (χ1) is 15.2. The molecule has 0 amide bonds. The van der Waals surface area contributed by atoms with E-state index in [9.17, 15) is 8.78 Å². The summed E-state index contributed by atoms with van der Waals surface area (Å²) in [5.41, 5.74) is 2.15. The van der Waals surface area contributed by atoms with Gasteiger partial charge in [0.05, 0.1) is 0 Å². The second-order valence-corrected chi connectivity index (χ2v) is 9.13. The highest BCUT2D eigenvalue weighted by molar-refractivity contribution is 8.03. The van der Waals surface area contributed by atoms with Crippen LogP contribution < -0.4 is 0 Å². The lowest BCUT2D eigenvalue weighted by molar-refractivity contribution is 0.289. The Labute approximate surface area is 200 Å². The van der Waals surface area contributed by atoms with Gasteiger partial charge >= 0.3 is 0 Å². The summed E-state index contributed by atoms with van der Waals surface area (Å²) in [6, 6.07) is 23.9. The fourth-order valence-electron chi connectivity index (χ4n) is 4.06. The van der Waals surface area contributed by atoms with Gasteiger partial charge in [-0.2, -0.15) is 0 Å². The van der Waals surface area contributed by atoms with Gasteiger partial charge in [0.15, 0.2) is 0 Å². The predicted molar refractivity (Wildman–Crippen MR) is 133 cm³/mol. The average Bonchev–Trinajstić information content (AvgIpc) is 2.80. The first-order valence-corrected chi connectivity index (χ1v) is 11.6. The molecule has 32 heavy (non-hydrogen) atoms. The molecule has 1 nitrogen and oxygen atoms in total. The van der Waals surface area contributed by atoms with Gasteiger partial charge in [0.2, 0.25) is 0 Å². The minimum atomic E-state index is -0.231. The fourth-order valence-corrected chi connectivity index (χ4v) is 5.01. The summed E-state index contributed by atoms with van der Waals surface area (Å²) in [5.74, 6) is -0.317. The Morgan fingerprint density at radius 3 is 1.94 bits per heavy atom. The maximum absolute atomic E-state index is 13.4. The van der Waals surface area contributed by atoms with Gasteiger partial charge in [0, 0.05) is 23.9 Å². The molecule has 0 aromatic heterocycles. The molecule has 0 saturated carbocycles. The monoisotopic (exact) mass is 471 g/mol. The summed E-state index contributed by atoms with van der Waals surface area (Å²) >= 11 is 1.87. The molecule has 0 radical (unpaired) electrons. The molecule has 0 spiro atoms. The van der Waals surface area contributed by atoms with E-state index in [4.69, 9.17) is 0 Å². The van der Waals surface area contributed by atoms with Crippen molar-refractivity contribution in [3.8, 4) is 0 Å². The molecule has 0 fully saturated rings. The van der Waals surface area contributed by atoms with Crippen LogP contribution in [0.2, 0.25) is 0 Å². The molecule has 0 unspecified atom stereocenters. The van der Waals surface area contributed by atoms with E-state index in [0.29, 0.717) is 0 Å². The molecular weight excluding hydrogens is 444 g/mol. The molecule has 168 valence electrons. The zero-order valence-electron chi connectivity index (χ0n) is 17.9. The molecule has 1 heterocycles. The van der Waals surface area contributed by atoms with Crippen LogP contribution in [0.3, 0.4) is 0 Å². The number of hydrogen-bond acceptors (Lipinski definition) is 2. The highest BCUT2D eigenvalue weighted by Gasteiger charge is 2.17. The van der Waals surface area contributed by atoms with E-state index in [2.05, 4.69) is 35.2 Å². The second-order valence-electron chi connectivity index (χ2n) is 7.93. The van der Waals surface area contributed by atoms with E-state index < -0.39 is 0 Å². The van der Waals surface area contributed by atoms with Crippen LogP contribution in [0, 0.1) is 11.6 Å². The molecule has 0 N–H and O–H groups in total. The van der Waals surface area contributed by atoms with Crippen molar-refractivity contribution in [3.05, 3.63) is 113 Å². The Kier molecular flexibility index (Phi) is 9.34. The van der Waals surface area contributed by atoms with Crippen LogP contribution in [0.15, 0.2) is 94.7 Å². The highest BCUT2D eigenvalue weighted by atomic mass is 35.5. The molecule has 0 bridgehead atoms. The van der Waals surface area contributed by atoms with E-state index in [1.807, 2.05) is 42.1 Å². The van der Waals surface area contributed by atoms with Crippen molar-refractivity contribution < 1.29 is 8.78 Å². The SMILES string of the molecule is Cl.Fc1ccc(C(CCCN2CC=C(Sc3ccccc3)CC2)c2ccc(F)cc2)cc1. The fraction of sp³-hybridized carbons (Fsp3) is 0.259. The summed E-state index contributed by atoms with van der Waals surface area (Å²) in [7, 11) is 0. The third-order valence-electron chi connectivity index (χ3n) is 5.76. The van der Waals surface area contributed by atoms with Crippen LogP contribution >= 0.6 is 24.2 Å². The van der Waals surface area contributed by atoms with Crippen LogP contribution in [-0.4, -0.2) is 24.5 Å². The largest absolute Gasteiger partial charge is 0.299 e. The number of thioether (sulfide) groups is 1. The van der Waals surface area contributed by atoms with Gasteiger partial charge in [-0.25, -0.2) is 8.78 Å². The topological polar surface area (TPSA) is 3.24 Å². The number of benzene rings is 3. The van der Waals surface area contributed by atoms with Crippen molar-refractivity contribution in [1.82, 2.24) is 4.90 Å². The first-order valence-electron chi connectivity index (χ1n) is 10.8. The summed E-state index contributed by atoms with van der Waals surface area (Å²) in [6.07, 6.45) is 5.41. The van der Waals surface area contributed by atoms with Gasteiger partial charge < -0.3 is 0 Å². The summed E-state index contributed by atoms with van der Waals surface area (Å²) in [6.45, 7) is 3.08. The summed E-state index contributed by atoms with van der Waals surface area (Å²) in [4.78, 5) is 5.23. The molecule has 5 heteroatoms. The molecule has 0 aliphatic carbocycles. The van der Waals surface area contributed by atoms with Crippen LogP contribution in [0.25, 0.3) is 0 Å². The van der Waals surface area contributed by atoms with Crippen LogP contribution in [0.5, 0.6) is 0 Å². The third kappa shape index (κ3) is 6.93. The van der Waals surface area contributed by atoms with Crippen molar-refractivity contribution in [2.75, 3.05) is 19.6 Å². The summed E-state index contributed by atoms with van der Waals surface area (Å²) < 4.78 is 26.8. The van der Waals surface area contributed by atoms with Crippen molar-refractivity contribution in [3.63, 3.8) is 0 Å². The maximum Gasteiger partial charge on any atom is 0.123 e. The molecule has 4 rings (SSSR count). The van der Waals surface area contributed by atoms with Gasteiger partial charge in [0.25, 0.3) is 0 Å². The zero-order valence-corrected chi connectivity index (χ0v) is 19.6. The molecule has 0 saturated heterocycles. The molecule has 1 aliphatic rings. The first kappa shape index (κ1) is 24.5. The minimum absolute atomic E-state index is 0. The second kappa shape index (κ2) is 12.2. The normalized spacial score (nSPS) is 14.2. The quantitative estimate of drug-likeness (QED) is 0.331. The Morgan fingerprint density at radius 1 is 0.812 bits per heavy atom. The lowest BCUT2D eigenvalue weighted by Gasteiger charge is -2.27. The predicted octanol–water partition coefficient (Wildman–Crippen LogP) is 7.68. The Hall–Kier alpha value is -2.14. The lowest BCUT2D eigenvalue weighted by Crippen LogP contribution is -2.29. The van der Waals surface area contributed by atoms with E-state index in [0.717, 1.165) is 50.0 Å². The van der Waals surface area contributed by atoms with E-state index in [-0.39, 0.29) is 30.0 Å². The van der Waals surface area contributed by atoms with Gasteiger partial charge in [0.1, 0.15) is 11.6 Å². The Morgan fingerprint density at radius 2 is 1.41 bits per heavy atom. The van der Waals surface area contributed by atoms with E-state index >= 15 is 0 Å². The van der Waals surface area contributed by atoms with Gasteiger partial charge in [-0.05, 0) is 78.2 Å². The van der Waals surface area contributed by atoms with E-state index in [1.165, 1.54) is 34.1 Å². The van der Waals surface area contributed by atoms with Crippen LogP contribution in [-0.2, 0) is 0 Å². The number of rotatable bonds is 8. The molecule has 1 aliphatic heterocycles. The number of nitrogens with zero attached hydrogens (tertiary/aromatic N) is 1. The standard InChI is InChI=1S/C27H27F2NS.ClH/c28-23-12-8-21(9-13-23)27(22-10-14-24(29)15-11-22)7-4-18-30-19-16-26(17-20-30)31-25-5-2-1-3-6-25;/h1-3,5-6,8-16,27H,4,7,17-20H2;1H. The van der Waals surface area contributed by atoms with Crippen molar-refractivity contribution in [1.29, 1.82) is 0 Å². The Balaban J connectivity index is 0.00000289. The van der Waals surface area contributed by atoms with E-state index in [1.54, 1.807) is 0 Å². The molecule has 3 aromatic carbocycles. The summed E-state index contributed by atoms with van der Waals surface area (Å²) in [5, 5.41) is 0. The average molecular weight is 472 g/mol. The number of hydrogen-bond donors (Lipinski definition) is 0. The molecule has 0 atom stereocenters. The zero-order chi connectivity index (χ0) is 21.5. The van der Waals surface area contributed by atoms with Crippen molar-refractivity contribution in [2.45, 2.75) is 30.1 Å². The lowest BCUT2D eigenvalue weighted by atomic mass is 9.87. The minimum Gasteiger partial charge on any atom is -0.299 e. The smallest absolute Gasteiger partial charge is 0.123 e. The third-order valence-corrected chi connectivity index (χ3v) is 6.90. The van der Waals surface area contributed by atoms with Crippen molar-refractivity contribution in [2.24, 2.45) is 0 Å². The van der Waals surface area contributed by atoms with Crippen LogP contribution in [0.1, 0.15) is 36.3 Å². The van der Waals surface area contributed by atoms with Gasteiger partial charge in [-0.15, -0.1) is 12.4 Å². The molecule has 3 aromatic rings. The number of halogens is 3. The Bertz CT molecular complexity index is 945.